The van der Waals surface area contributed by atoms with Crippen molar-refractivity contribution in [3.05, 3.63) is 29.8 Å². The van der Waals surface area contributed by atoms with Crippen LogP contribution in [0.4, 0.5) is 5.69 Å². The van der Waals surface area contributed by atoms with Crippen LogP contribution in [0, 0.1) is 5.41 Å². The summed E-state index contributed by atoms with van der Waals surface area (Å²) in [6.07, 6.45) is 3.73. The summed E-state index contributed by atoms with van der Waals surface area (Å²) in [6, 6.07) is 8.02. The van der Waals surface area contributed by atoms with Gasteiger partial charge in [-0.1, -0.05) is 25.5 Å². The molecule has 1 aliphatic carbocycles. The van der Waals surface area contributed by atoms with Crippen LogP contribution in [0.5, 0.6) is 0 Å². The van der Waals surface area contributed by atoms with Crippen LogP contribution in [0.25, 0.3) is 0 Å². The van der Waals surface area contributed by atoms with Crippen molar-refractivity contribution in [2.45, 2.75) is 46.1 Å². The molecule has 1 aromatic carbocycles. The smallest absolute Gasteiger partial charge is 0.253 e. The van der Waals surface area contributed by atoms with Crippen LogP contribution in [-0.4, -0.2) is 18.5 Å². The number of hydrogen-bond donors (Lipinski definition) is 2. The highest BCUT2D eigenvalue weighted by Crippen LogP contribution is 2.39. The van der Waals surface area contributed by atoms with Gasteiger partial charge >= 0.3 is 0 Å². The average Bonchev–Trinajstić information content (AvgIpc) is 2.33. The topological polar surface area (TPSA) is 41.1 Å². The van der Waals surface area contributed by atoms with Crippen LogP contribution < -0.4 is 10.6 Å². The number of benzene rings is 1. The molecule has 3 heteroatoms. The number of para-hydroxylation sites is 1. The van der Waals surface area contributed by atoms with E-state index in [1.807, 2.05) is 24.3 Å². The van der Waals surface area contributed by atoms with E-state index in [2.05, 4.69) is 31.4 Å². The molecule has 0 aromatic heterocycles. The number of carbonyl (C=O) groups is 1. The maximum atomic E-state index is 12.3. The Morgan fingerprint density at radius 2 is 2.00 bits per heavy atom. The van der Waals surface area contributed by atoms with Gasteiger partial charge in [0.2, 0.25) is 0 Å². The van der Waals surface area contributed by atoms with Crippen molar-refractivity contribution in [1.29, 1.82) is 0 Å². The Morgan fingerprint density at radius 1 is 1.32 bits per heavy atom. The van der Waals surface area contributed by atoms with Gasteiger partial charge in [0.1, 0.15) is 0 Å². The summed E-state index contributed by atoms with van der Waals surface area (Å²) in [4.78, 5) is 12.3. The lowest BCUT2D eigenvalue weighted by Crippen LogP contribution is -2.40. The zero-order valence-corrected chi connectivity index (χ0v) is 12.1. The molecule has 104 valence electrons. The molecular formula is C16H24N2O. The molecule has 0 radical (unpaired) electrons. The predicted molar refractivity (Wildman–Crippen MR) is 79.5 cm³/mol. The van der Waals surface area contributed by atoms with Crippen LogP contribution in [-0.2, 0) is 0 Å². The van der Waals surface area contributed by atoms with Crippen molar-refractivity contribution in [2.24, 2.45) is 5.41 Å². The van der Waals surface area contributed by atoms with Gasteiger partial charge in [0.05, 0.1) is 5.56 Å². The van der Waals surface area contributed by atoms with Gasteiger partial charge in [0.25, 0.3) is 5.91 Å². The molecule has 0 unspecified atom stereocenters. The Balaban J connectivity index is 2.01. The monoisotopic (exact) mass is 260 g/mol. The lowest BCUT2D eigenvalue weighted by Gasteiger charge is -2.38. The predicted octanol–water partition coefficient (Wildman–Crippen LogP) is 3.43. The Kier molecular flexibility index (Phi) is 4.13. The first kappa shape index (κ1) is 13.9. The summed E-state index contributed by atoms with van der Waals surface area (Å²) in [5.41, 5.74) is 1.96. The van der Waals surface area contributed by atoms with E-state index in [9.17, 15) is 4.79 Å². The number of nitrogens with one attached hydrogen (secondary N) is 2. The van der Waals surface area contributed by atoms with E-state index < -0.39 is 0 Å². The molecule has 3 nitrogen and oxygen atoms in total. The van der Waals surface area contributed by atoms with Crippen LogP contribution in [0.3, 0.4) is 0 Å². The van der Waals surface area contributed by atoms with E-state index in [1.165, 1.54) is 19.3 Å². The number of hydrogen-bond acceptors (Lipinski definition) is 2. The Hall–Kier alpha value is -1.51. The van der Waals surface area contributed by atoms with E-state index in [1.54, 1.807) is 0 Å². The van der Waals surface area contributed by atoms with Gasteiger partial charge < -0.3 is 10.6 Å². The van der Waals surface area contributed by atoms with Gasteiger partial charge in [-0.05, 0) is 44.2 Å². The highest BCUT2D eigenvalue weighted by atomic mass is 16.1. The van der Waals surface area contributed by atoms with Crippen molar-refractivity contribution in [3.8, 4) is 0 Å². The fourth-order valence-electron chi connectivity index (χ4n) is 2.46. The molecule has 2 rings (SSSR count). The zero-order chi connectivity index (χ0) is 13.9. The van der Waals surface area contributed by atoms with Crippen LogP contribution in [0.2, 0.25) is 0 Å². The molecule has 1 aromatic rings. The lowest BCUT2D eigenvalue weighted by molar-refractivity contribution is 0.0891. The van der Waals surface area contributed by atoms with E-state index in [0.717, 1.165) is 17.8 Å². The van der Waals surface area contributed by atoms with Gasteiger partial charge in [0, 0.05) is 18.3 Å². The van der Waals surface area contributed by atoms with Crippen molar-refractivity contribution < 1.29 is 4.79 Å². The van der Waals surface area contributed by atoms with Gasteiger partial charge in [0.15, 0.2) is 0 Å². The van der Waals surface area contributed by atoms with Crippen LogP contribution in [0.15, 0.2) is 24.3 Å². The Bertz CT molecular complexity index is 450. The quantitative estimate of drug-likeness (QED) is 0.851. The first-order valence-corrected chi connectivity index (χ1v) is 7.14. The van der Waals surface area contributed by atoms with Gasteiger partial charge in [-0.2, -0.15) is 0 Å². The second-order valence-corrected chi connectivity index (χ2v) is 6.19. The second kappa shape index (κ2) is 5.64. The van der Waals surface area contributed by atoms with Gasteiger partial charge in [-0.25, -0.2) is 0 Å². The molecule has 0 saturated heterocycles. The molecule has 1 amide bonds. The highest BCUT2D eigenvalue weighted by molar-refractivity contribution is 5.99. The van der Waals surface area contributed by atoms with Crippen molar-refractivity contribution >= 4 is 11.6 Å². The maximum absolute atomic E-state index is 12.3. The van der Waals surface area contributed by atoms with Gasteiger partial charge in [-0.15, -0.1) is 0 Å². The summed E-state index contributed by atoms with van der Waals surface area (Å²) < 4.78 is 0. The third-order valence-corrected chi connectivity index (χ3v) is 3.85. The summed E-state index contributed by atoms with van der Waals surface area (Å²) in [6.45, 7) is 7.17. The summed E-state index contributed by atoms with van der Waals surface area (Å²) in [5, 5.41) is 6.39. The SMILES string of the molecule is CC(C)Nc1ccccc1C(=O)NCC1(C)CCC1. The fourth-order valence-corrected chi connectivity index (χ4v) is 2.46. The van der Waals surface area contributed by atoms with Crippen LogP contribution >= 0.6 is 0 Å². The minimum atomic E-state index is 0.0249. The van der Waals surface area contributed by atoms with E-state index in [4.69, 9.17) is 0 Å². The van der Waals surface area contributed by atoms with Gasteiger partial charge in [-0.3, -0.25) is 4.79 Å². The average molecular weight is 260 g/mol. The molecule has 0 atom stereocenters. The fraction of sp³-hybridized carbons (Fsp3) is 0.562. The minimum absolute atomic E-state index is 0.0249. The largest absolute Gasteiger partial charge is 0.382 e. The molecule has 0 bridgehead atoms. The first-order chi connectivity index (χ1) is 9.00. The Morgan fingerprint density at radius 3 is 2.58 bits per heavy atom. The molecule has 0 heterocycles. The van der Waals surface area contributed by atoms with Crippen molar-refractivity contribution in [1.82, 2.24) is 5.32 Å². The number of amides is 1. The first-order valence-electron chi connectivity index (χ1n) is 7.14. The lowest BCUT2D eigenvalue weighted by atomic mass is 9.70. The van der Waals surface area contributed by atoms with Crippen molar-refractivity contribution in [3.63, 3.8) is 0 Å². The molecule has 0 aliphatic heterocycles. The molecule has 0 spiro atoms. The standard InChI is InChI=1S/C16H24N2O/c1-12(2)18-14-8-5-4-7-13(14)15(19)17-11-16(3)9-6-10-16/h4-5,7-8,12,18H,6,9-11H2,1-3H3,(H,17,19). The third-order valence-electron chi connectivity index (χ3n) is 3.85. The zero-order valence-electron chi connectivity index (χ0n) is 12.1. The molecular weight excluding hydrogens is 236 g/mol. The van der Waals surface area contributed by atoms with Crippen LogP contribution in [0.1, 0.15) is 50.4 Å². The Labute approximate surface area is 115 Å². The normalized spacial score (nSPS) is 16.8. The summed E-state index contributed by atoms with van der Waals surface area (Å²) >= 11 is 0. The maximum Gasteiger partial charge on any atom is 0.253 e. The number of carbonyl (C=O) groups excluding carboxylic acids is 1. The van der Waals surface area contributed by atoms with Crippen molar-refractivity contribution in [2.75, 3.05) is 11.9 Å². The third kappa shape index (κ3) is 3.49. The summed E-state index contributed by atoms with van der Waals surface area (Å²) in [7, 11) is 0. The van der Waals surface area contributed by atoms with E-state index in [0.29, 0.717) is 11.5 Å². The minimum Gasteiger partial charge on any atom is -0.382 e. The van der Waals surface area contributed by atoms with E-state index >= 15 is 0 Å². The summed E-state index contributed by atoms with van der Waals surface area (Å²) in [5.74, 6) is 0.0249. The highest BCUT2D eigenvalue weighted by Gasteiger charge is 2.32. The molecule has 19 heavy (non-hydrogen) atoms. The molecule has 1 fully saturated rings. The number of anilines is 1. The molecule has 1 saturated carbocycles. The second-order valence-electron chi connectivity index (χ2n) is 6.19. The molecule has 1 aliphatic rings. The number of rotatable bonds is 5. The van der Waals surface area contributed by atoms with E-state index in [-0.39, 0.29) is 5.91 Å². The molecule has 2 N–H and O–H groups in total.